The van der Waals surface area contributed by atoms with Gasteiger partial charge in [0.25, 0.3) is 0 Å². The Kier molecular flexibility index (Phi) is 4.47. The molecule has 0 saturated carbocycles. The minimum Gasteiger partial charge on any atom is -0.344 e. The van der Waals surface area contributed by atoms with Crippen LogP contribution in [0.2, 0.25) is 0 Å². The van der Waals surface area contributed by atoms with E-state index in [1.807, 2.05) is 48.3 Å². The Morgan fingerprint density at radius 1 is 1.26 bits per heavy atom. The molecular weight excluding hydrogens is 324 g/mol. The summed E-state index contributed by atoms with van der Waals surface area (Å²) in [7, 11) is 1.97. The molecule has 4 heteroatoms. The lowest BCUT2D eigenvalue weighted by atomic mass is 10.1. The van der Waals surface area contributed by atoms with Crippen molar-refractivity contribution in [3.05, 3.63) is 58.1 Å². The lowest BCUT2D eigenvalue weighted by molar-refractivity contribution is 1.17. The Bertz CT molecular complexity index is 634. The van der Waals surface area contributed by atoms with Gasteiger partial charge < -0.3 is 4.90 Å². The third kappa shape index (κ3) is 3.09. The van der Waals surface area contributed by atoms with Gasteiger partial charge in [-0.15, -0.1) is 11.6 Å². The molecule has 0 spiro atoms. The molecule has 0 bridgehead atoms. The number of hydrogen-bond donors (Lipinski definition) is 0. The molecule has 0 saturated heterocycles. The Hall–Kier alpha value is -1.50. The van der Waals surface area contributed by atoms with Crippen LogP contribution in [0.4, 0.5) is 11.4 Å². The molecule has 0 radical (unpaired) electrons. The fraction of sp³-hybridized carbons (Fsp3) is 0.133. The van der Waals surface area contributed by atoms with Crippen molar-refractivity contribution < 1.29 is 0 Å². The number of anilines is 2. The zero-order valence-electron chi connectivity index (χ0n) is 10.4. The highest BCUT2D eigenvalue weighted by Crippen LogP contribution is 2.30. The van der Waals surface area contributed by atoms with Gasteiger partial charge in [-0.2, -0.15) is 5.26 Å². The molecule has 0 unspecified atom stereocenters. The van der Waals surface area contributed by atoms with Crippen LogP contribution in [0.3, 0.4) is 0 Å². The Morgan fingerprint density at radius 2 is 2.05 bits per heavy atom. The van der Waals surface area contributed by atoms with Crippen molar-refractivity contribution in [3.63, 3.8) is 0 Å². The van der Waals surface area contributed by atoms with Gasteiger partial charge in [-0.25, -0.2) is 0 Å². The molecule has 0 aliphatic carbocycles. The molecule has 0 aliphatic rings. The Balaban J connectivity index is 2.43. The first-order valence-corrected chi connectivity index (χ1v) is 7.06. The van der Waals surface area contributed by atoms with Crippen LogP contribution < -0.4 is 4.90 Å². The summed E-state index contributed by atoms with van der Waals surface area (Å²) in [5.74, 6) is 0.442. The smallest absolute Gasteiger partial charge is 0.0992 e. The molecule has 2 rings (SSSR count). The Labute approximate surface area is 126 Å². The Morgan fingerprint density at radius 3 is 2.74 bits per heavy atom. The van der Waals surface area contributed by atoms with Crippen LogP contribution in [0.25, 0.3) is 0 Å². The normalized spacial score (nSPS) is 10.0. The minimum atomic E-state index is 0.442. The van der Waals surface area contributed by atoms with E-state index in [9.17, 15) is 0 Å². The lowest BCUT2D eigenvalue weighted by Crippen LogP contribution is -2.11. The topological polar surface area (TPSA) is 27.0 Å². The van der Waals surface area contributed by atoms with E-state index in [-0.39, 0.29) is 0 Å². The first-order chi connectivity index (χ1) is 9.15. The predicted octanol–water partition coefficient (Wildman–Crippen LogP) is 4.83. The highest BCUT2D eigenvalue weighted by molar-refractivity contribution is 9.10. The second kappa shape index (κ2) is 6.10. The number of nitrogens with zero attached hydrogens (tertiary/aromatic N) is 2. The first-order valence-electron chi connectivity index (χ1n) is 5.74. The van der Waals surface area contributed by atoms with E-state index in [0.29, 0.717) is 11.4 Å². The molecule has 0 atom stereocenters. The van der Waals surface area contributed by atoms with Gasteiger partial charge in [0.2, 0.25) is 0 Å². The highest BCUT2D eigenvalue weighted by Gasteiger charge is 2.09. The van der Waals surface area contributed by atoms with Crippen LogP contribution >= 0.6 is 27.5 Å². The maximum absolute atomic E-state index is 8.96. The standard InChI is InChI=1S/C15H12BrClN2/c1-19(14-4-2-3-11(7-14)10-18)15-6-5-13(16)8-12(15)9-17/h2-8H,9H2,1H3. The van der Waals surface area contributed by atoms with Crippen LogP contribution in [-0.4, -0.2) is 7.05 Å². The van der Waals surface area contributed by atoms with E-state index in [1.165, 1.54) is 0 Å². The van der Waals surface area contributed by atoms with Gasteiger partial charge in [-0.1, -0.05) is 22.0 Å². The maximum atomic E-state index is 8.96. The molecule has 2 aromatic rings. The number of hydrogen-bond acceptors (Lipinski definition) is 2. The van der Waals surface area contributed by atoms with Crippen molar-refractivity contribution >= 4 is 38.9 Å². The van der Waals surface area contributed by atoms with E-state index < -0.39 is 0 Å². The average Bonchev–Trinajstić information content (AvgIpc) is 2.46. The molecule has 19 heavy (non-hydrogen) atoms. The molecule has 2 nitrogen and oxygen atoms in total. The van der Waals surface area contributed by atoms with Gasteiger partial charge in [0.15, 0.2) is 0 Å². The van der Waals surface area contributed by atoms with E-state index in [0.717, 1.165) is 21.4 Å². The number of nitriles is 1. The predicted molar refractivity (Wildman–Crippen MR) is 82.9 cm³/mol. The summed E-state index contributed by atoms with van der Waals surface area (Å²) in [6.07, 6.45) is 0. The zero-order chi connectivity index (χ0) is 13.8. The maximum Gasteiger partial charge on any atom is 0.0992 e. The molecule has 0 aliphatic heterocycles. The minimum absolute atomic E-state index is 0.442. The molecule has 0 fully saturated rings. The summed E-state index contributed by atoms with van der Waals surface area (Å²) in [6.45, 7) is 0. The van der Waals surface area contributed by atoms with Gasteiger partial charge in [0, 0.05) is 28.8 Å². The van der Waals surface area contributed by atoms with Crippen LogP contribution in [0, 0.1) is 11.3 Å². The summed E-state index contributed by atoms with van der Waals surface area (Å²) in [5.41, 5.74) is 3.69. The molecule has 96 valence electrons. The van der Waals surface area contributed by atoms with Gasteiger partial charge >= 0.3 is 0 Å². The quantitative estimate of drug-likeness (QED) is 0.751. The number of alkyl halides is 1. The van der Waals surface area contributed by atoms with Crippen molar-refractivity contribution in [1.29, 1.82) is 5.26 Å². The monoisotopic (exact) mass is 334 g/mol. The van der Waals surface area contributed by atoms with Gasteiger partial charge in [-0.3, -0.25) is 0 Å². The largest absolute Gasteiger partial charge is 0.344 e. The molecular formula is C15H12BrClN2. The second-order valence-electron chi connectivity index (χ2n) is 4.13. The van der Waals surface area contributed by atoms with E-state index in [1.54, 1.807) is 6.07 Å². The molecule has 2 aromatic carbocycles. The fourth-order valence-corrected chi connectivity index (χ4v) is 2.53. The first kappa shape index (κ1) is 13.9. The van der Waals surface area contributed by atoms with Crippen molar-refractivity contribution in [3.8, 4) is 6.07 Å². The number of benzene rings is 2. The molecule has 0 heterocycles. The van der Waals surface area contributed by atoms with Crippen LogP contribution in [-0.2, 0) is 5.88 Å². The fourth-order valence-electron chi connectivity index (χ4n) is 1.91. The van der Waals surface area contributed by atoms with E-state index in [4.69, 9.17) is 16.9 Å². The number of rotatable bonds is 3. The molecule has 0 N–H and O–H groups in total. The van der Waals surface area contributed by atoms with Crippen molar-refractivity contribution in [2.24, 2.45) is 0 Å². The summed E-state index contributed by atoms with van der Waals surface area (Å²) >= 11 is 9.44. The van der Waals surface area contributed by atoms with E-state index >= 15 is 0 Å². The van der Waals surface area contributed by atoms with Crippen LogP contribution in [0.1, 0.15) is 11.1 Å². The summed E-state index contributed by atoms with van der Waals surface area (Å²) < 4.78 is 1.01. The SMILES string of the molecule is CN(c1cccc(C#N)c1)c1ccc(Br)cc1CCl. The van der Waals surface area contributed by atoms with Crippen LogP contribution in [0.5, 0.6) is 0 Å². The summed E-state index contributed by atoms with van der Waals surface area (Å²) in [6, 6.07) is 15.7. The summed E-state index contributed by atoms with van der Waals surface area (Å²) in [4.78, 5) is 2.03. The average molecular weight is 336 g/mol. The second-order valence-corrected chi connectivity index (χ2v) is 5.31. The van der Waals surface area contributed by atoms with Gasteiger partial charge in [0.05, 0.1) is 11.6 Å². The third-order valence-corrected chi connectivity index (χ3v) is 3.69. The van der Waals surface area contributed by atoms with Gasteiger partial charge in [-0.05, 0) is 42.0 Å². The number of halogens is 2. The summed E-state index contributed by atoms with van der Waals surface area (Å²) in [5, 5.41) is 8.96. The third-order valence-electron chi connectivity index (χ3n) is 2.91. The van der Waals surface area contributed by atoms with Crippen molar-refractivity contribution in [2.45, 2.75) is 5.88 Å². The zero-order valence-corrected chi connectivity index (χ0v) is 12.7. The lowest BCUT2D eigenvalue weighted by Gasteiger charge is -2.22. The van der Waals surface area contributed by atoms with Crippen molar-refractivity contribution in [2.75, 3.05) is 11.9 Å². The van der Waals surface area contributed by atoms with Gasteiger partial charge in [0.1, 0.15) is 0 Å². The van der Waals surface area contributed by atoms with E-state index in [2.05, 4.69) is 22.0 Å². The highest BCUT2D eigenvalue weighted by atomic mass is 79.9. The van der Waals surface area contributed by atoms with Crippen LogP contribution in [0.15, 0.2) is 46.9 Å². The molecule has 0 amide bonds. The molecule has 0 aromatic heterocycles. The van der Waals surface area contributed by atoms with Crippen molar-refractivity contribution in [1.82, 2.24) is 0 Å².